The molecule has 0 saturated heterocycles. The molecule has 3 rings (SSSR count). The third-order valence-electron chi connectivity index (χ3n) is 3.69. The van der Waals surface area contributed by atoms with Gasteiger partial charge in [0.15, 0.2) is 5.78 Å². The average molecular weight is 315 g/mol. The van der Waals surface area contributed by atoms with Crippen molar-refractivity contribution in [3.63, 3.8) is 0 Å². The van der Waals surface area contributed by atoms with Gasteiger partial charge in [-0.05, 0) is 48.1 Å². The second-order valence-corrected chi connectivity index (χ2v) is 5.98. The lowest BCUT2D eigenvalue weighted by Crippen LogP contribution is -2.03. The number of ketones is 1. The number of rotatable bonds is 3. The second-order valence-electron chi connectivity index (χ2n) is 5.06. The summed E-state index contributed by atoms with van der Waals surface area (Å²) in [5.41, 5.74) is 4.80. The van der Waals surface area contributed by atoms with Crippen LogP contribution in [0.5, 0.6) is 0 Å². The number of carbonyl (C=O) groups is 1. The minimum atomic E-state index is 0.186. The Balaban J connectivity index is 1.77. The molecular formula is C17H15BrO. The lowest BCUT2D eigenvalue weighted by atomic mass is 10.00. The van der Waals surface area contributed by atoms with Crippen LogP contribution in [0.2, 0.25) is 0 Å². The standard InChI is InChI=1S/C17H15BrO/c18-16-8-6-14(7-9-16)17(19)11-12-4-5-13-2-1-3-15(13)10-12/h4-10H,1-3,11H2. The number of hydrogen-bond acceptors (Lipinski definition) is 1. The van der Waals surface area contributed by atoms with Gasteiger partial charge in [0.05, 0.1) is 0 Å². The van der Waals surface area contributed by atoms with E-state index in [9.17, 15) is 4.79 Å². The number of aryl methyl sites for hydroxylation is 2. The first-order valence-electron chi connectivity index (χ1n) is 6.62. The average Bonchev–Trinajstić information content (AvgIpc) is 2.87. The van der Waals surface area contributed by atoms with Crippen LogP contribution in [0, 0.1) is 0 Å². The lowest BCUT2D eigenvalue weighted by Gasteiger charge is -2.05. The summed E-state index contributed by atoms with van der Waals surface area (Å²) in [6, 6.07) is 14.1. The molecule has 1 nitrogen and oxygen atoms in total. The van der Waals surface area contributed by atoms with Gasteiger partial charge in [-0.15, -0.1) is 0 Å². The van der Waals surface area contributed by atoms with Crippen molar-refractivity contribution in [1.82, 2.24) is 0 Å². The normalized spacial score (nSPS) is 13.3. The van der Waals surface area contributed by atoms with Crippen LogP contribution in [0.3, 0.4) is 0 Å². The predicted molar refractivity (Wildman–Crippen MR) is 80.6 cm³/mol. The van der Waals surface area contributed by atoms with E-state index in [4.69, 9.17) is 0 Å². The molecule has 1 aliphatic rings. The zero-order valence-electron chi connectivity index (χ0n) is 10.7. The van der Waals surface area contributed by atoms with Crippen LogP contribution in [-0.2, 0) is 19.3 Å². The van der Waals surface area contributed by atoms with Gasteiger partial charge >= 0.3 is 0 Å². The number of benzene rings is 2. The van der Waals surface area contributed by atoms with Gasteiger partial charge in [0, 0.05) is 16.5 Å². The summed E-state index contributed by atoms with van der Waals surface area (Å²) >= 11 is 3.38. The third kappa shape index (κ3) is 2.79. The fourth-order valence-corrected chi connectivity index (χ4v) is 2.92. The van der Waals surface area contributed by atoms with Gasteiger partial charge in [-0.1, -0.05) is 46.3 Å². The monoisotopic (exact) mass is 314 g/mol. The van der Waals surface area contributed by atoms with Gasteiger partial charge in [-0.2, -0.15) is 0 Å². The van der Waals surface area contributed by atoms with E-state index in [0.29, 0.717) is 6.42 Å². The molecule has 0 atom stereocenters. The zero-order valence-corrected chi connectivity index (χ0v) is 12.2. The molecule has 0 aromatic heterocycles. The SMILES string of the molecule is O=C(Cc1ccc2c(c1)CCC2)c1ccc(Br)cc1. The summed E-state index contributed by atoms with van der Waals surface area (Å²) in [4.78, 5) is 12.2. The highest BCUT2D eigenvalue weighted by molar-refractivity contribution is 9.10. The summed E-state index contributed by atoms with van der Waals surface area (Å²) < 4.78 is 1.00. The smallest absolute Gasteiger partial charge is 0.167 e. The van der Waals surface area contributed by atoms with Crippen LogP contribution < -0.4 is 0 Å². The molecule has 2 aromatic rings. The Bertz CT molecular complexity index is 614. The van der Waals surface area contributed by atoms with Crippen LogP contribution in [-0.4, -0.2) is 5.78 Å². The molecule has 0 heterocycles. The van der Waals surface area contributed by atoms with Crippen molar-refractivity contribution >= 4 is 21.7 Å². The number of carbonyl (C=O) groups excluding carboxylic acids is 1. The molecular weight excluding hydrogens is 300 g/mol. The molecule has 0 amide bonds. The molecule has 2 heteroatoms. The maximum atomic E-state index is 12.2. The Morgan fingerprint density at radius 1 is 1.00 bits per heavy atom. The van der Waals surface area contributed by atoms with Gasteiger partial charge in [0.1, 0.15) is 0 Å². The summed E-state index contributed by atoms with van der Waals surface area (Å²) in [6.07, 6.45) is 4.10. The minimum Gasteiger partial charge on any atom is -0.294 e. The Morgan fingerprint density at radius 3 is 2.53 bits per heavy atom. The summed E-state index contributed by atoms with van der Waals surface area (Å²) in [5, 5.41) is 0. The topological polar surface area (TPSA) is 17.1 Å². The molecule has 0 fully saturated rings. The quantitative estimate of drug-likeness (QED) is 0.769. The van der Waals surface area contributed by atoms with Gasteiger partial charge in [-0.25, -0.2) is 0 Å². The van der Waals surface area contributed by atoms with Crippen LogP contribution >= 0.6 is 15.9 Å². The second kappa shape index (κ2) is 5.30. The van der Waals surface area contributed by atoms with Crippen molar-refractivity contribution in [2.24, 2.45) is 0 Å². The molecule has 19 heavy (non-hydrogen) atoms. The van der Waals surface area contributed by atoms with Gasteiger partial charge < -0.3 is 0 Å². The summed E-state index contributed by atoms with van der Waals surface area (Å²) in [5.74, 6) is 0.186. The van der Waals surface area contributed by atoms with E-state index >= 15 is 0 Å². The van der Waals surface area contributed by atoms with E-state index in [2.05, 4.69) is 34.1 Å². The van der Waals surface area contributed by atoms with E-state index in [1.165, 1.54) is 24.0 Å². The maximum Gasteiger partial charge on any atom is 0.167 e. The van der Waals surface area contributed by atoms with Crippen molar-refractivity contribution in [1.29, 1.82) is 0 Å². The van der Waals surface area contributed by atoms with Crippen LogP contribution in [0.15, 0.2) is 46.9 Å². The lowest BCUT2D eigenvalue weighted by molar-refractivity contribution is 0.0993. The van der Waals surface area contributed by atoms with Gasteiger partial charge in [-0.3, -0.25) is 4.79 Å². The highest BCUT2D eigenvalue weighted by Gasteiger charge is 2.13. The molecule has 0 N–H and O–H groups in total. The Labute approximate surface area is 121 Å². The highest BCUT2D eigenvalue weighted by atomic mass is 79.9. The molecule has 96 valence electrons. The highest BCUT2D eigenvalue weighted by Crippen LogP contribution is 2.23. The van der Waals surface area contributed by atoms with Crippen LogP contribution in [0.1, 0.15) is 33.5 Å². The summed E-state index contributed by atoms with van der Waals surface area (Å²) in [7, 11) is 0. The number of Topliss-reactive ketones (excluding diaryl/α,β-unsaturated/α-hetero) is 1. The Kier molecular flexibility index (Phi) is 3.52. The van der Waals surface area contributed by atoms with Crippen molar-refractivity contribution in [3.8, 4) is 0 Å². The number of fused-ring (bicyclic) bond motifs is 1. The van der Waals surface area contributed by atoms with Gasteiger partial charge in [0.2, 0.25) is 0 Å². The maximum absolute atomic E-state index is 12.2. The first-order chi connectivity index (χ1) is 9.22. The first-order valence-corrected chi connectivity index (χ1v) is 7.41. The fourth-order valence-electron chi connectivity index (χ4n) is 2.66. The number of hydrogen-bond donors (Lipinski definition) is 0. The molecule has 0 radical (unpaired) electrons. The molecule has 0 spiro atoms. The van der Waals surface area contributed by atoms with Crippen molar-refractivity contribution in [2.45, 2.75) is 25.7 Å². The minimum absolute atomic E-state index is 0.186. The van der Waals surface area contributed by atoms with Crippen molar-refractivity contribution in [2.75, 3.05) is 0 Å². The van der Waals surface area contributed by atoms with Gasteiger partial charge in [0.25, 0.3) is 0 Å². The molecule has 0 saturated carbocycles. The molecule has 0 unspecified atom stereocenters. The Morgan fingerprint density at radius 2 is 1.74 bits per heavy atom. The first kappa shape index (κ1) is 12.6. The predicted octanol–water partition coefficient (Wildman–Crippen LogP) is 4.36. The van der Waals surface area contributed by atoms with E-state index in [-0.39, 0.29) is 5.78 Å². The fraction of sp³-hybridized carbons (Fsp3) is 0.235. The molecule has 2 aromatic carbocycles. The van der Waals surface area contributed by atoms with E-state index < -0.39 is 0 Å². The number of halogens is 1. The molecule has 0 aliphatic heterocycles. The third-order valence-corrected chi connectivity index (χ3v) is 4.22. The Hall–Kier alpha value is -1.41. The zero-order chi connectivity index (χ0) is 13.2. The van der Waals surface area contributed by atoms with Crippen LogP contribution in [0.25, 0.3) is 0 Å². The van der Waals surface area contributed by atoms with Crippen molar-refractivity contribution < 1.29 is 4.79 Å². The van der Waals surface area contributed by atoms with E-state index in [1.807, 2.05) is 24.3 Å². The van der Waals surface area contributed by atoms with E-state index in [1.54, 1.807) is 0 Å². The summed E-state index contributed by atoms with van der Waals surface area (Å²) in [6.45, 7) is 0. The molecule has 1 aliphatic carbocycles. The van der Waals surface area contributed by atoms with E-state index in [0.717, 1.165) is 22.0 Å². The van der Waals surface area contributed by atoms with Crippen LogP contribution in [0.4, 0.5) is 0 Å². The largest absolute Gasteiger partial charge is 0.294 e. The van der Waals surface area contributed by atoms with Crippen molar-refractivity contribution in [3.05, 3.63) is 69.2 Å². The molecule has 0 bridgehead atoms.